The van der Waals surface area contributed by atoms with Crippen LogP contribution in [-0.4, -0.2) is 33.4 Å². The van der Waals surface area contributed by atoms with Gasteiger partial charge in [-0.25, -0.2) is 18.4 Å². The molecule has 3 N–H and O–H groups in total. The van der Waals surface area contributed by atoms with Crippen molar-refractivity contribution >= 4 is 21.9 Å². The van der Waals surface area contributed by atoms with Gasteiger partial charge in [-0.05, 0) is 31.0 Å². The number of nitrogens with one attached hydrogen (secondary N) is 1. The third-order valence-electron chi connectivity index (χ3n) is 2.94. The molecule has 0 heterocycles. The molecule has 0 radical (unpaired) electrons. The molecular weight excluding hydrogens is 308 g/mol. The number of unbranched alkanes of at least 4 members (excludes halogenated alkanes) is 1. The van der Waals surface area contributed by atoms with Gasteiger partial charge in [0.1, 0.15) is 0 Å². The van der Waals surface area contributed by atoms with Crippen molar-refractivity contribution in [3.8, 4) is 0 Å². The Labute approximate surface area is 129 Å². The van der Waals surface area contributed by atoms with Crippen LogP contribution in [0.25, 0.3) is 0 Å². The first kappa shape index (κ1) is 18.1. The topological polar surface area (TPSA) is 116 Å². The van der Waals surface area contributed by atoms with Crippen LogP contribution in [0.2, 0.25) is 0 Å². The summed E-state index contributed by atoms with van der Waals surface area (Å²) in [6, 6.07) is 3.90. The van der Waals surface area contributed by atoms with Crippen LogP contribution in [0.1, 0.15) is 35.7 Å². The lowest BCUT2D eigenvalue weighted by molar-refractivity contribution is -0.124. The van der Waals surface area contributed by atoms with E-state index in [2.05, 4.69) is 5.32 Å². The summed E-state index contributed by atoms with van der Waals surface area (Å²) in [5.74, 6) is -1.17. The van der Waals surface area contributed by atoms with E-state index in [4.69, 9.17) is 9.88 Å². The summed E-state index contributed by atoms with van der Waals surface area (Å²) < 4.78 is 27.5. The number of carbonyl (C=O) groups is 2. The van der Waals surface area contributed by atoms with Gasteiger partial charge in [-0.1, -0.05) is 19.4 Å². The Morgan fingerprint density at radius 1 is 1.32 bits per heavy atom. The minimum absolute atomic E-state index is 0.0629. The highest BCUT2D eigenvalue weighted by molar-refractivity contribution is 7.89. The number of primary sulfonamides is 1. The van der Waals surface area contributed by atoms with E-state index >= 15 is 0 Å². The van der Waals surface area contributed by atoms with Crippen molar-refractivity contribution in [2.75, 3.05) is 13.2 Å². The van der Waals surface area contributed by atoms with Gasteiger partial charge in [-0.3, -0.25) is 4.79 Å². The van der Waals surface area contributed by atoms with Crippen LogP contribution in [0.5, 0.6) is 0 Å². The van der Waals surface area contributed by atoms with Crippen molar-refractivity contribution in [1.82, 2.24) is 5.32 Å². The molecule has 0 saturated carbocycles. The highest BCUT2D eigenvalue weighted by Crippen LogP contribution is 2.15. The van der Waals surface area contributed by atoms with E-state index in [-0.39, 0.29) is 10.5 Å². The minimum atomic E-state index is -3.91. The number of rotatable bonds is 7. The molecule has 8 heteroatoms. The average molecular weight is 328 g/mol. The van der Waals surface area contributed by atoms with Crippen molar-refractivity contribution in [2.45, 2.75) is 31.6 Å². The number of amides is 1. The van der Waals surface area contributed by atoms with Crippen molar-refractivity contribution < 1.29 is 22.7 Å². The van der Waals surface area contributed by atoms with Gasteiger partial charge in [0.2, 0.25) is 10.0 Å². The molecule has 1 rings (SSSR count). The number of ether oxygens (including phenoxy) is 1. The molecule has 0 fully saturated rings. The molecule has 0 aromatic heterocycles. The molecule has 0 atom stereocenters. The van der Waals surface area contributed by atoms with Crippen LogP contribution in [0.3, 0.4) is 0 Å². The van der Waals surface area contributed by atoms with Gasteiger partial charge >= 0.3 is 5.97 Å². The normalized spacial score (nSPS) is 11.0. The zero-order valence-corrected chi connectivity index (χ0v) is 13.4. The Hall–Kier alpha value is -1.93. The smallest absolute Gasteiger partial charge is 0.338 e. The molecular formula is C14H20N2O5S. The molecule has 0 aliphatic heterocycles. The van der Waals surface area contributed by atoms with Gasteiger partial charge in [0.15, 0.2) is 6.61 Å². The number of benzene rings is 1. The lowest BCUT2D eigenvalue weighted by Gasteiger charge is -2.09. The molecule has 1 amide bonds. The van der Waals surface area contributed by atoms with E-state index in [1.807, 2.05) is 6.92 Å². The molecule has 7 nitrogen and oxygen atoms in total. The number of hydrogen-bond donors (Lipinski definition) is 2. The number of esters is 1. The monoisotopic (exact) mass is 328 g/mol. The van der Waals surface area contributed by atoms with Crippen LogP contribution in [0.15, 0.2) is 23.1 Å². The molecule has 0 saturated heterocycles. The molecule has 0 bridgehead atoms. The average Bonchev–Trinajstić information content (AvgIpc) is 2.44. The highest BCUT2D eigenvalue weighted by atomic mass is 32.2. The summed E-state index contributed by atoms with van der Waals surface area (Å²) in [4.78, 5) is 23.2. The molecule has 1 aromatic carbocycles. The third-order valence-corrected chi connectivity index (χ3v) is 3.86. The summed E-state index contributed by atoms with van der Waals surface area (Å²) in [6.45, 7) is 3.73. The molecule has 0 unspecified atom stereocenters. The first-order valence-corrected chi connectivity index (χ1v) is 8.37. The van der Waals surface area contributed by atoms with Crippen LogP contribution in [-0.2, 0) is 19.6 Å². The van der Waals surface area contributed by atoms with Crippen molar-refractivity contribution in [3.05, 3.63) is 29.3 Å². The Balaban J connectivity index is 2.72. The second-order valence-electron chi connectivity index (χ2n) is 4.80. The van der Waals surface area contributed by atoms with E-state index in [9.17, 15) is 18.0 Å². The quantitative estimate of drug-likeness (QED) is 0.565. The fourth-order valence-electron chi connectivity index (χ4n) is 1.66. The van der Waals surface area contributed by atoms with Crippen molar-refractivity contribution in [1.29, 1.82) is 0 Å². The zero-order chi connectivity index (χ0) is 16.8. The third kappa shape index (κ3) is 5.45. The van der Waals surface area contributed by atoms with E-state index in [1.54, 1.807) is 6.92 Å². The maximum Gasteiger partial charge on any atom is 0.338 e. The number of sulfonamides is 1. The molecule has 22 heavy (non-hydrogen) atoms. The summed E-state index contributed by atoms with van der Waals surface area (Å²) in [7, 11) is -3.91. The SMILES string of the molecule is CCCCNC(=O)COC(=O)c1cc(S(N)(=O)=O)ccc1C. The number of hydrogen-bond acceptors (Lipinski definition) is 5. The van der Waals surface area contributed by atoms with Crippen LogP contribution in [0.4, 0.5) is 0 Å². The summed E-state index contributed by atoms with van der Waals surface area (Å²) in [5, 5.41) is 7.63. The Morgan fingerprint density at radius 2 is 2.00 bits per heavy atom. The Kier molecular flexibility index (Phi) is 6.51. The second kappa shape index (κ2) is 7.90. The van der Waals surface area contributed by atoms with Crippen molar-refractivity contribution in [3.63, 3.8) is 0 Å². The van der Waals surface area contributed by atoms with Crippen molar-refractivity contribution in [2.24, 2.45) is 5.14 Å². The van der Waals surface area contributed by atoms with Gasteiger partial charge in [0.25, 0.3) is 5.91 Å². The highest BCUT2D eigenvalue weighted by Gasteiger charge is 2.16. The maximum absolute atomic E-state index is 11.9. The molecule has 0 aliphatic carbocycles. The van der Waals surface area contributed by atoms with E-state index < -0.39 is 28.5 Å². The van der Waals surface area contributed by atoms with Crippen LogP contribution in [0, 0.1) is 6.92 Å². The first-order valence-electron chi connectivity index (χ1n) is 6.83. The second-order valence-corrected chi connectivity index (χ2v) is 6.36. The molecule has 122 valence electrons. The summed E-state index contributed by atoms with van der Waals surface area (Å²) in [6.07, 6.45) is 1.79. The number of carbonyl (C=O) groups excluding carboxylic acids is 2. The predicted molar refractivity (Wildman–Crippen MR) is 80.8 cm³/mol. The molecule has 0 spiro atoms. The summed E-state index contributed by atoms with van der Waals surface area (Å²) in [5.41, 5.74) is 0.594. The van der Waals surface area contributed by atoms with E-state index in [0.29, 0.717) is 12.1 Å². The minimum Gasteiger partial charge on any atom is -0.452 e. The Bertz CT molecular complexity index is 655. The number of aryl methyl sites for hydroxylation is 1. The molecule has 0 aliphatic rings. The van der Waals surface area contributed by atoms with Gasteiger partial charge in [0, 0.05) is 6.54 Å². The van der Waals surface area contributed by atoms with Gasteiger partial charge in [-0.2, -0.15) is 0 Å². The Morgan fingerprint density at radius 3 is 2.59 bits per heavy atom. The van der Waals surface area contributed by atoms with Gasteiger partial charge < -0.3 is 10.1 Å². The molecule has 1 aromatic rings. The number of nitrogens with two attached hydrogens (primary N) is 1. The largest absolute Gasteiger partial charge is 0.452 e. The summed E-state index contributed by atoms with van der Waals surface area (Å²) >= 11 is 0. The fraction of sp³-hybridized carbons (Fsp3) is 0.429. The van der Waals surface area contributed by atoms with E-state index in [0.717, 1.165) is 18.9 Å². The van der Waals surface area contributed by atoms with Gasteiger partial charge in [-0.15, -0.1) is 0 Å². The zero-order valence-electron chi connectivity index (χ0n) is 12.6. The first-order chi connectivity index (χ1) is 10.3. The van der Waals surface area contributed by atoms with Crippen LogP contribution >= 0.6 is 0 Å². The van der Waals surface area contributed by atoms with Crippen LogP contribution < -0.4 is 10.5 Å². The standard InChI is InChI=1S/C14H20N2O5S/c1-3-4-7-16-13(17)9-21-14(18)12-8-11(22(15,19)20)6-5-10(12)2/h5-6,8H,3-4,7,9H2,1-2H3,(H,16,17)(H2,15,19,20). The predicted octanol–water partition coefficient (Wildman–Crippen LogP) is 0.716. The van der Waals surface area contributed by atoms with Gasteiger partial charge in [0.05, 0.1) is 10.5 Å². The lowest BCUT2D eigenvalue weighted by atomic mass is 10.1. The lowest BCUT2D eigenvalue weighted by Crippen LogP contribution is -2.29. The fourth-order valence-corrected chi connectivity index (χ4v) is 2.20. The maximum atomic E-state index is 11.9. The van der Waals surface area contributed by atoms with E-state index in [1.165, 1.54) is 12.1 Å².